The van der Waals surface area contributed by atoms with Crippen LogP contribution in [0, 0.1) is 6.92 Å². The quantitative estimate of drug-likeness (QED) is 0.532. The lowest BCUT2D eigenvalue weighted by atomic mass is 10.1. The molecule has 0 amide bonds. The van der Waals surface area contributed by atoms with Crippen LogP contribution < -0.4 is 5.32 Å². The first-order chi connectivity index (χ1) is 14.2. The number of benzene rings is 1. The Morgan fingerprint density at radius 1 is 1.07 bits per heavy atom. The number of rotatable bonds is 5. The molecule has 0 saturated carbocycles. The molecule has 2 aromatic heterocycles. The first-order valence-electron chi connectivity index (χ1n) is 10.2. The summed E-state index contributed by atoms with van der Waals surface area (Å²) in [4.78, 5) is 9.34. The average molecular weight is 392 g/mol. The third kappa shape index (κ3) is 4.74. The van der Waals surface area contributed by atoms with Gasteiger partial charge in [0.25, 0.3) is 0 Å². The molecule has 0 radical (unpaired) electrons. The van der Waals surface area contributed by atoms with Gasteiger partial charge >= 0.3 is 0 Å². The van der Waals surface area contributed by atoms with Crippen LogP contribution in [0.1, 0.15) is 17.0 Å². The predicted octanol–water partition coefficient (Wildman–Crippen LogP) is 1.97. The van der Waals surface area contributed by atoms with E-state index in [9.17, 15) is 0 Å². The van der Waals surface area contributed by atoms with E-state index in [1.165, 1.54) is 11.1 Å². The topological polar surface area (TPSA) is 61.1 Å². The molecule has 1 saturated heterocycles. The number of nitrogens with zero attached hydrogens (tertiary/aromatic N) is 6. The Labute approximate surface area is 172 Å². The Kier molecular flexibility index (Phi) is 6.05. The number of aromatic nitrogens is 3. The van der Waals surface area contributed by atoms with Crippen LogP contribution in [-0.2, 0) is 13.0 Å². The number of hydrogen-bond acceptors (Lipinski definition) is 4. The predicted molar refractivity (Wildman–Crippen MR) is 116 cm³/mol. The summed E-state index contributed by atoms with van der Waals surface area (Å²) in [5, 5.41) is 12.0. The molecule has 0 spiro atoms. The summed E-state index contributed by atoms with van der Waals surface area (Å²) in [5.41, 5.74) is 3.60. The molecule has 3 aromatic rings. The summed E-state index contributed by atoms with van der Waals surface area (Å²) in [6, 6.07) is 14.7. The van der Waals surface area contributed by atoms with Gasteiger partial charge in [-0.25, -0.2) is 0 Å². The van der Waals surface area contributed by atoms with Gasteiger partial charge in [0.15, 0.2) is 11.6 Å². The summed E-state index contributed by atoms with van der Waals surface area (Å²) >= 11 is 0. The molecule has 1 fully saturated rings. The average Bonchev–Trinajstić information content (AvgIpc) is 3.15. The van der Waals surface area contributed by atoms with Gasteiger partial charge in [0, 0.05) is 58.9 Å². The van der Waals surface area contributed by atoms with Gasteiger partial charge in [0.1, 0.15) is 5.82 Å². The minimum Gasteiger partial charge on any atom is -0.356 e. The van der Waals surface area contributed by atoms with Crippen molar-refractivity contribution >= 4 is 11.6 Å². The third-order valence-corrected chi connectivity index (χ3v) is 5.39. The molecule has 7 nitrogen and oxygen atoms in total. The molecular weight excluding hydrogens is 362 g/mol. The fourth-order valence-electron chi connectivity index (χ4n) is 3.87. The van der Waals surface area contributed by atoms with Crippen molar-refractivity contribution in [1.29, 1.82) is 0 Å². The molecule has 1 aliphatic rings. The van der Waals surface area contributed by atoms with Gasteiger partial charge in [-0.15, -0.1) is 10.2 Å². The number of fused-ring (bicyclic) bond motifs is 1. The first kappa shape index (κ1) is 19.4. The van der Waals surface area contributed by atoms with Crippen molar-refractivity contribution < 1.29 is 0 Å². The second-order valence-electron chi connectivity index (χ2n) is 7.52. The van der Waals surface area contributed by atoms with Gasteiger partial charge in [-0.2, -0.15) is 0 Å². The van der Waals surface area contributed by atoms with Crippen molar-refractivity contribution in [3.63, 3.8) is 0 Å². The number of nitrogens with one attached hydrogen (secondary N) is 1. The normalized spacial score (nSPS) is 15.8. The van der Waals surface area contributed by atoms with E-state index >= 15 is 0 Å². The van der Waals surface area contributed by atoms with E-state index in [4.69, 9.17) is 0 Å². The summed E-state index contributed by atoms with van der Waals surface area (Å²) in [6.07, 6.45) is 2.81. The highest BCUT2D eigenvalue weighted by molar-refractivity contribution is 5.80. The van der Waals surface area contributed by atoms with Crippen molar-refractivity contribution in [2.24, 2.45) is 4.99 Å². The van der Waals surface area contributed by atoms with Gasteiger partial charge in [0.2, 0.25) is 0 Å². The zero-order valence-corrected chi connectivity index (χ0v) is 17.3. The van der Waals surface area contributed by atoms with E-state index in [1.807, 2.05) is 35.8 Å². The van der Waals surface area contributed by atoms with Gasteiger partial charge in [0.05, 0.1) is 0 Å². The maximum absolute atomic E-state index is 4.48. The molecule has 0 bridgehead atoms. The molecular formula is C22H29N7. The highest BCUT2D eigenvalue weighted by Crippen LogP contribution is 2.10. The lowest BCUT2D eigenvalue weighted by Crippen LogP contribution is -2.52. The van der Waals surface area contributed by atoms with E-state index in [-0.39, 0.29) is 0 Å². The molecule has 1 N–H and O–H groups in total. The Morgan fingerprint density at radius 2 is 1.93 bits per heavy atom. The minimum absolute atomic E-state index is 0.784. The summed E-state index contributed by atoms with van der Waals surface area (Å²) in [6.45, 7) is 8.01. The Morgan fingerprint density at radius 3 is 2.72 bits per heavy atom. The van der Waals surface area contributed by atoms with Crippen molar-refractivity contribution in [3.8, 4) is 0 Å². The fraction of sp³-hybridized carbons (Fsp3) is 0.409. The van der Waals surface area contributed by atoms with Crippen LogP contribution in [-0.4, -0.2) is 70.1 Å². The second-order valence-corrected chi connectivity index (χ2v) is 7.52. The zero-order valence-electron chi connectivity index (χ0n) is 17.3. The molecule has 1 aliphatic heterocycles. The molecule has 29 heavy (non-hydrogen) atoms. The number of aliphatic imine (C=N–C) groups is 1. The van der Waals surface area contributed by atoms with Crippen LogP contribution in [0.15, 0.2) is 53.7 Å². The van der Waals surface area contributed by atoms with Crippen molar-refractivity contribution in [2.45, 2.75) is 19.9 Å². The molecule has 0 atom stereocenters. The first-order valence-corrected chi connectivity index (χ1v) is 10.2. The molecule has 7 heteroatoms. The summed E-state index contributed by atoms with van der Waals surface area (Å²) in [5.74, 6) is 1.93. The van der Waals surface area contributed by atoms with E-state index in [0.717, 1.165) is 63.1 Å². The van der Waals surface area contributed by atoms with Gasteiger partial charge in [-0.3, -0.25) is 14.3 Å². The second kappa shape index (κ2) is 9.05. The standard InChI is InChI=1S/C22H29N7/c1-18-6-5-7-19(16-18)17-27-12-14-28(15-13-27)22(23-2)24-10-9-21-26-25-20-8-3-4-11-29(20)21/h3-8,11,16H,9-10,12-15,17H2,1-2H3,(H,23,24). The van der Waals surface area contributed by atoms with Crippen LogP contribution in [0.4, 0.5) is 0 Å². The van der Waals surface area contributed by atoms with Crippen molar-refractivity contribution in [2.75, 3.05) is 39.8 Å². The maximum atomic E-state index is 4.48. The smallest absolute Gasteiger partial charge is 0.193 e. The van der Waals surface area contributed by atoms with Crippen LogP contribution in [0.25, 0.3) is 5.65 Å². The van der Waals surface area contributed by atoms with E-state index in [1.54, 1.807) is 0 Å². The lowest BCUT2D eigenvalue weighted by Gasteiger charge is -2.36. The minimum atomic E-state index is 0.784. The Hall–Kier alpha value is -2.93. The number of aryl methyl sites for hydroxylation is 1. The molecule has 0 unspecified atom stereocenters. The van der Waals surface area contributed by atoms with Crippen molar-refractivity contribution in [3.05, 3.63) is 65.6 Å². The van der Waals surface area contributed by atoms with Gasteiger partial charge in [-0.1, -0.05) is 35.9 Å². The van der Waals surface area contributed by atoms with Gasteiger partial charge in [-0.05, 0) is 24.6 Å². The molecule has 1 aromatic carbocycles. The molecule has 4 rings (SSSR count). The number of pyridine rings is 1. The highest BCUT2D eigenvalue weighted by atomic mass is 15.3. The molecule has 3 heterocycles. The SMILES string of the molecule is CN=C(NCCc1nnc2ccccn12)N1CCN(Cc2cccc(C)c2)CC1. The highest BCUT2D eigenvalue weighted by Gasteiger charge is 2.19. The molecule has 152 valence electrons. The zero-order chi connectivity index (χ0) is 20.1. The monoisotopic (exact) mass is 391 g/mol. The van der Waals surface area contributed by atoms with Crippen LogP contribution in [0.2, 0.25) is 0 Å². The Bertz CT molecular complexity index is 970. The number of hydrogen-bond donors (Lipinski definition) is 1. The van der Waals surface area contributed by atoms with Gasteiger partial charge < -0.3 is 10.2 Å². The van der Waals surface area contributed by atoms with Crippen LogP contribution in [0.5, 0.6) is 0 Å². The van der Waals surface area contributed by atoms with Crippen molar-refractivity contribution in [1.82, 2.24) is 29.7 Å². The van der Waals surface area contributed by atoms with E-state index < -0.39 is 0 Å². The number of piperazine rings is 1. The number of guanidine groups is 1. The Balaban J connectivity index is 1.26. The van der Waals surface area contributed by atoms with Crippen LogP contribution >= 0.6 is 0 Å². The third-order valence-electron chi connectivity index (χ3n) is 5.39. The lowest BCUT2D eigenvalue weighted by molar-refractivity contribution is 0.172. The summed E-state index contributed by atoms with van der Waals surface area (Å²) < 4.78 is 2.04. The van der Waals surface area contributed by atoms with Crippen LogP contribution in [0.3, 0.4) is 0 Å². The molecule has 0 aliphatic carbocycles. The maximum Gasteiger partial charge on any atom is 0.193 e. The van der Waals surface area contributed by atoms with E-state index in [0.29, 0.717) is 0 Å². The summed E-state index contributed by atoms with van der Waals surface area (Å²) in [7, 11) is 1.86. The van der Waals surface area contributed by atoms with E-state index in [2.05, 4.69) is 61.5 Å². The fourth-order valence-corrected chi connectivity index (χ4v) is 3.87. The largest absolute Gasteiger partial charge is 0.356 e.